The molecule has 2 heterocycles. The van der Waals surface area contributed by atoms with Gasteiger partial charge in [0.25, 0.3) is 0 Å². The summed E-state index contributed by atoms with van der Waals surface area (Å²) in [7, 11) is 0. The van der Waals surface area contributed by atoms with E-state index in [-0.39, 0.29) is 23.8 Å². The molecule has 5 heteroatoms. The van der Waals surface area contributed by atoms with Crippen molar-refractivity contribution >= 4 is 5.91 Å². The molecule has 0 spiro atoms. The zero-order chi connectivity index (χ0) is 15.1. The van der Waals surface area contributed by atoms with E-state index >= 15 is 0 Å². The van der Waals surface area contributed by atoms with Crippen LogP contribution >= 0.6 is 0 Å². The highest BCUT2D eigenvalue weighted by molar-refractivity contribution is 5.83. The fourth-order valence-corrected chi connectivity index (χ4v) is 4.14. The van der Waals surface area contributed by atoms with Crippen molar-refractivity contribution in [2.75, 3.05) is 26.2 Å². The van der Waals surface area contributed by atoms with E-state index in [1.54, 1.807) is 6.26 Å². The van der Waals surface area contributed by atoms with Crippen molar-refractivity contribution in [3.8, 4) is 0 Å². The summed E-state index contributed by atoms with van der Waals surface area (Å²) in [6.45, 7) is 3.38. The normalized spacial score (nSPS) is 35.8. The molecule has 4 atom stereocenters. The Labute approximate surface area is 130 Å². The number of aliphatic hydroxyl groups is 1. The Bertz CT molecular complexity index is 522. The van der Waals surface area contributed by atoms with Gasteiger partial charge in [-0.05, 0) is 37.8 Å². The molecule has 0 unspecified atom stereocenters. The van der Waals surface area contributed by atoms with Crippen molar-refractivity contribution in [2.45, 2.75) is 43.7 Å². The number of carbonyl (C=O) groups is 1. The summed E-state index contributed by atoms with van der Waals surface area (Å²) in [5.74, 6) is 1.64. The first-order chi connectivity index (χ1) is 10.7. The summed E-state index contributed by atoms with van der Waals surface area (Å²) in [6, 6.07) is 4.17. The van der Waals surface area contributed by atoms with Crippen LogP contribution in [0.3, 0.4) is 0 Å². The van der Waals surface area contributed by atoms with Gasteiger partial charge in [-0.2, -0.15) is 0 Å². The van der Waals surface area contributed by atoms with Gasteiger partial charge in [0.05, 0.1) is 12.4 Å². The average Bonchev–Trinajstić information content (AvgIpc) is 2.95. The number of furan rings is 1. The van der Waals surface area contributed by atoms with Gasteiger partial charge >= 0.3 is 0 Å². The Balaban J connectivity index is 1.30. The van der Waals surface area contributed by atoms with Gasteiger partial charge in [-0.15, -0.1) is 0 Å². The maximum absolute atomic E-state index is 12.6. The molecule has 4 rings (SSSR count). The van der Waals surface area contributed by atoms with Crippen molar-refractivity contribution in [3.63, 3.8) is 0 Å². The van der Waals surface area contributed by atoms with Crippen LogP contribution < -0.4 is 0 Å². The zero-order valence-electron chi connectivity index (χ0n) is 12.9. The summed E-state index contributed by atoms with van der Waals surface area (Å²) in [5, 5.41) is 10.0. The Morgan fingerprint density at radius 2 is 2.05 bits per heavy atom. The highest BCUT2D eigenvalue weighted by atomic mass is 16.3. The Kier molecular flexibility index (Phi) is 3.70. The molecule has 1 N–H and O–H groups in total. The monoisotopic (exact) mass is 304 g/mol. The average molecular weight is 304 g/mol. The fourth-order valence-electron chi connectivity index (χ4n) is 4.14. The Morgan fingerprint density at radius 3 is 2.68 bits per heavy atom. The summed E-state index contributed by atoms with van der Waals surface area (Å²) >= 11 is 0. The van der Waals surface area contributed by atoms with Crippen LogP contribution in [0.4, 0.5) is 0 Å². The van der Waals surface area contributed by atoms with Crippen LogP contribution in [0.15, 0.2) is 22.8 Å². The van der Waals surface area contributed by atoms with Gasteiger partial charge in [-0.1, -0.05) is 0 Å². The molecule has 0 radical (unpaired) electrons. The first kappa shape index (κ1) is 14.3. The molecule has 3 fully saturated rings. The third-order valence-corrected chi connectivity index (χ3v) is 5.56. The molecular formula is C17H24N2O3. The maximum Gasteiger partial charge on any atom is 0.226 e. The van der Waals surface area contributed by atoms with Crippen molar-refractivity contribution in [1.82, 2.24) is 9.80 Å². The summed E-state index contributed by atoms with van der Waals surface area (Å²) in [4.78, 5) is 17.0. The predicted octanol–water partition coefficient (Wildman–Crippen LogP) is 1.44. The van der Waals surface area contributed by atoms with E-state index in [0.717, 1.165) is 57.6 Å². The Hall–Kier alpha value is -1.33. The van der Waals surface area contributed by atoms with Crippen LogP contribution in [0.5, 0.6) is 0 Å². The molecule has 2 aliphatic carbocycles. The molecule has 1 saturated heterocycles. The lowest BCUT2D eigenvalue weighted by Crippen LogP contribution is -2.54. The van der Waals surface area contributed by atoms with Crippen molar-refractivity contribution in [2.24, 2.45) is 5.92 Å². The van der Waals surface area contributed by atoms with Gasteiger partial charge in [-0.3, -0.25) is 9.69 Å². The Morgan fingerprint density at radius 1 is 1.23 bits per heavy atom. The van der Waals surface area contributed by atoms with E-state index in [0.29, 0.717) is 6.04 Å². The van der Waals surface area contributed by atoms with Gasteiger partial charge in [0.15, 0.2) is 0 Å². The molecule has 1 aliphatic heterocycles. The SMILES string of the molecule is O=C([C@@H]1C[C@@H]1c1ccco1)N1CCN([C@H]2CCC[C@@H]2O)CC1. The standard InChI is InChI=1S/C17H24N2O3/c20-15-4-1-3-14(15)18-6-8-19(9-7-18)17(21)13-11-12(13)16-5-2-10-22-16/h2,5,10,12-15,20H,1,3-4,6-9,11H2/t12-,13+,14-,15-/m0/s1. The lowest BCUT2D eigenvalue weighted by molar-refractivity contribution is -0.135. The van der Waals surface area contributed by atoms with Crippen LogP contribution in [-0.2, 0) is 4.79 Å². The minimum atomic E-state index is -0.172. The van der Waals surface area contributed by atoms with E-state index in [9.17, 15) is 9.90 Å². The first-order valence-corrected chi connectivity index (χ1v) is 8.48. The van der Waals surface area contributed by atoms with Crippen molar-refractivity contribution in [1.29, 1.82) is 0 Å². The molecule has 120 valence electrons. The van der Waals surface area contributed by atoms with E-state index < -0.39 is 0 Å². The van der Waals surface area contributed by atoms with Crippen LogP contribution in [0.2, 0.25) is 0 Å². The quantitative estimate of drug-likeness (QED) is 0.918. The second-order valence-corrected chi connectivity index (χ2v) is 6.89. The molecule has 3 aliphatic rings. The van der Waals surface area contributed by atoms with Gasteiger partial charge < -0.3 is 14.4 Å². The van der Waals surface area contributed by atoms with Gasteiger partial charge in [-0.25, -0.2) is 0 Å². The first-order valence-electron chi connectivity index (χ1n) is 8.48. The number of hydrogen-bond acceptors (Lipinski definition) is 4. The molecular weight excluding hydrogens is 280 g/mol. The van der Waals surface area contributed by atoms with E-state index in [2.05, 4.69) is 4.90 Å². The van der Waals surface area contributed by atoms with Crippen LogP contribution in [0.1, 0.15) is 37.4 Å². The predicted molar refractivity (Wildman–Crippen MR) is 81.4 cm³/mol. The highest BCUT2D eigenvalue weighted by Crippen LogP contribution is 2.48. The van der Waals surface area contributed by atoms with Crippen molar-refractivity contribution in [3.05, 3.63) is 24.2 Å². The number of nitrogens with zero attached hydrogens (tertiary/aromatic N) is 2. The fraction of sp³-hybridized carbons (Fsp3) is 0.706. The van der Waals surface area contributed by atoms with E-state index in [4.69, 9.17) is 4.42 Å². The van der Waals surface area contributed by atoms with Gasteiger partial charge in [0.1, 0.15) is 5.76 Å². The zero-order valence-corrected chi connectivity index (χ0v) is 12.9. The number of piperazine rings is 1. The minimum absolute atomic E-state index is 0.120. The molecule has 0 bridgehead atoms. The molecule has 1 amide bonds. The van der Waals surface area contributed by atoms with Crippen LogP contribution in [-0.4, -0.2) is 59.1 Å². The van der Waals surface area contributed by atoms with Gasteiger partial charge in [0.2, 0.25) is 5.91 Å². The second kappa shape index (κ2) is 5.70. The van der Waals surface area contributed by atoms with E-state index in [1.165, 1.54) is 0 Å². The molecule has 5 nitrogen and oxygen atoms in total. The van der Waals surface area contributed by atoms with Crippen molar-refractivity contribution < 1.29 is 14.3 Å². The maximum atomic E-state index is 12.6. The lowest BCUT2D eigenvalue weighted by Gasteiger charge is -2.39. The smallest absolute Gasteiger partial charge is 0.226 e. The summed E-state index contributed by atoms with van der Waals surface area (Å²) in [5.41, 5.74) is 0. The third-order valence-electron chi connectivity index (χ3n) is 5.56. The molecule has 0 aromatic carbocycles. The number of amides is 1. The second-order valence-electron chi connectivity index (χ2n) is 6.89. The largest absolute Gasteiger partial charge is 0.469 e. The summed E-state index contributed by atoms with van der Waals surface area (Å²) < 4.78 is 5.41. The molecule has 1 aromatic rings. The van der Waals surface area contributed by atoms with Crippen LogP contribution in [0, 0.1) is 5.92 Å². The highest BCUT2D eigenvalue weighted by Gasteiger charge is 2.48. The number of carbonyl (C=O) groups excluding carboxylic acids is 1. The molecule has 2 saturated carbocycles. The molecule has 22 heavy (non-hydrogen) atoms. The molecule has 1 aromatic heterocycles. The number of rotatable bonds is 3. The van der Waals surface area contributed by atoms with E-state index in [1.807, 2.05) is 17.0 Å². The summed E-state index contributed by atoms with van der Waals surface area (Å²) in [6.07, 6.45) is 5.58. The van der Waals surface area contributed by atoms with Gasteiger partial charge in [0, 0.05) is 44.1 Å². The van der Waals surface area contributed by atoms with Crippen LogP contribution in [0.25, 0.3) is 0 Å². The minimum Gasteiger partial charge on any atom is -0.469 e. The number of aliphatic hydroxyl groups excluding tert-OH is 1. The number of hydrogen-bond donors (Lipinski definition) is 1. The lowest BCUT2D eigenvalue weighted by atomic mass is 10.1. The third kappa shape index (κ3) is 2.57. The topological polar surface area (TPSA) is 56.9 Å².